The summed E-state index contributed by atoms with van der Waals surface area (Å²) in [5.74, 6) is 0.989. The van der Waals surface area contributed by atoms with Crippen molar-refractivity contribution in [3.8, 4) is 11.5 Å². The Bertz CT molecular complexity index is 938. The third-order valence-electron chi connectivity index (χ3n) is 4.44. The highest BCUT2D eigenvalue weighted by molar-refractivity contribution is 7.89. The molecule has 2 N–H and O–H groups in total. The molecule has 1 aliphatic carbocycles. The molecule has 0 aliphatic heterocycles. The van der Waals surface area contributed by atoms with Crippen molar-refractivity contribution in [1.29, 1.82) is 0 Å². The molecule has 3 rings (SSSR count). The maximum Gasteiger partial charge on any atom is 0.240 e. The normalized spacial score (nSPS) is 13.8. The zero-order valence-corrected chi connectivity index (χ0v) is 16.7. The largest absolute Gasteiger partial charge is 0.493 e. The number of nitrogens with one attached hydrogen (secondary N) is 2. The molecule has 0 atom stereocenters. The van der Waals surface area contributed by atoms with E-state index in [4.69, 9.17) is 9.47 Å². The van der Waals surface area contributed by atoms with Gasteiger partial charge in [-0.15, -0.1) is 0 Å². The Morgan fingerprint density at radius 1 is 1.04 bits per heavy atom. The van der Waals surface area contributed by atoms with E-state index in [1.807, 2.05) is 0 Å². The predicted octanol–water partition coefficient (Wildman–Crippen LogP) is 2.72. The lowest BCUT2D eigenvalue weighted by atomic mass is 10.1. The quantitative estimate of drug-likeness (QED) is 0.670. The van der Waals surface area contributed by atoms with Crippen molar-refractivity contribution < 1.29 is 22.7 Å². The minimum absolute atomic E-state index is 0.0740. The SMILES string of the molecule is COc1ccc(NC(=O)CCc2ccc(S(=O)(=O)NC3CC3)cc2)cc1OC. The van der Waals surface area contributed by atoms with E-state index < -0.39 is 10.0 Å². The van der Waals surface area contributed by atoms with E-state index in [0.29, 0.717) is 23.6 Å². The fourth-order valence-corrected chi connectivity index (χ4v) is 4.02. The molecular weight excluding hydrogens is 380 g/mol. The number of sulfonamides is 1. The van der Waals surface area contributed by atoms with Gasteiger partial charge in [0.2, 0.25) is 15.9 Å². The van der Waals surface area contributed by atoms with Crippen LogP contribution in [-0.2, 0) is 21.2 Å². The number of carbonyl (C=O) groups excluding carboxylic acids is 1. The molecule has 8 heteroatoms. The second-order valence-electron chi connectivity index (χ2n) is 6.66. The number of aryl methyl sites for hydroxylation is 1. The molecule has 1 amide bonds. The van der Waals surface area contributed by atoms with Crippen LogP contribution in [0.2, 0.25) is 0 Å². The molecule has 1 saturated carbocycles. The van der Waals surface area contributed by atoms with Crippen molar-refractivity contribution >= 4 is 21.6 Å². The van der Waals surface area contributed by atoms with Gasteiger partial charge in [-0.1, -0.05) is 12.1 Å². The molecule has 1 aliphatic rings. The zero-order chi connectivity index (χ0) is 20.1. The number of anilines is 1. The van der Waals surface area contributed by atoms with Crippen molar-refractivity contribution in [2.75, 3.05) is 19.5 Å². The third kappa shape index (κ3) is 5.24. The van der Waals surface area contributed by atoms with Crippen LogP contribution in [0, 0.1) is 0 Å². The first-order valence-corrected chi connectivity index (χ1v) is 10.5. The van der Waals surface area contributed by atoms with E-state index in [-0.39, 0.29) is 23.3 Å². The fourth-order valence-electron chi connectivity index (χ4n) is 2.72. The Morgan fingerprint density at radius 2 is 1.71 bits per heavy atom. The number of amides is 1. The summed E-state index contributed by atoms with van der Waals surface area (Å²) in [5.41, 5.74) is 1.52. The molecule has 0 unspecified atom stereocenters. The summed E-state index contributed by atoms with van der Waals surface area (Å²) in [6, 6.07) is 11.9. The van der Waals surface area contributed by atoms with Crippen molar-refractivity contribution in [3.63, 3.8) is 0 Å². The molecule has 0 radical (unpaired) electrons. The van der Waals surface area contributed by atoms with Crippen molar-refractivity contribution in [3.05, 3.63) is 48.0 Å². The lowest BCUT2D eigenvalue weighted by Gasteiger charge is -2.11. The van der Waals surface area contributed by atoms with Crippen LogP contribution in [0.4, 0.5) is 5.69 Å². The average Bonchev–Trinajstić information content (AvgIpc) is 3.50. The van der Waals surface area contributed by atoms with Crippen LogP contribution in [0.15, 0.2) is 47.4 Å². The van der Waals surface area contributed by atoms with Crippen LogP contribution >= 0.6 is 0 Å². The van der Waals surface area contributed by atoms with Gasteiger partial charge < -0.3 is 14.8 Å². The topological polar surface area (TPSA) is 93.7 Å². The fraction of sp³-hybridized carbons (Fsp3) is 0.350. The molecule has 0 bridgehead atoms. The molecule has 1 fully saturated rings. The molecule has 2 aromatic rings. The highest BCUT2D eigenvalue weighted by atomic mass is 32.2. The lowest BCUT2D eigenvalue weighted by Crippen LogP contribution is -2.25. The number of carbonyl (C=O) groups is 1. The number of rotatable bonds is 9. The van der Waals surface area contributed by atoms with E-state index in [2.05, 4.69) is 10.0 Å². The summed E-state index contributed by atoms with van der Waals surface area (Å²) < 4.78 is 37.4. The number of ether oxygens (including phenoxy) is 2. The second-order valence-corrected chi connectivity index (χ2v) is 8.37. The molecule has 28 heavy (non-hydrogen) atoms. The summed E-state index contributed by atoms with van der Waals surface area (Å²) in [6.07, 6.45) is 2.58. The zero-order valence-electron chi connectivity index (χ0n) is 15.9. The second kappa shape index (κ2) is 8.62. The van der Waals surface area contributed by atoms with Gasteiger partial charge in [0.15, 0.2) is 11.5 Å². The monoisotopic (exact) mass is 404 g/mol. The standard InChI is InChI=1S/C20H24N2O5S/c1-26-18-11-8-16(13-19(18)27-2)21-20(23)12-5-14-3-9-17(10-4-14)28(24,25)22-15-6-7-15/h3-4,8-11,13,15,22H,5-7,12H2,1-2H3,(H,21,23). The Labute approximate surface area is 165 Å². The molecule has 2 aromatic carbocycles. The molecular formula is C20H24N2O5S. The summed E-state index contributed by atoms with van der Waals surface area (Å²) in [7, 11) is -0.364. The Hall–Kier alpha value is -2.58. The van der Waals surface area contributed by atoms with Gasteiger partial charge in [0.1, 0.15) is 0 Å². The first kappa shape index (κ1) is 20.2. The van der Waals surface area contributed by atoms with Gasteiger partial charge in [-0.2, -0.15) is 0 Å². The van der Waals surface area contributed by atoms with Crippen LogP contribution in [0.3, 0.4) is 0 Å². The maximum absolute atomic E-state index is 12.2. The number of benzene rings is 2. The molecule has 0 heterocycles. The number of hydrogen-bond acceptors (Lipinski definition) is 5. The number of methoxy groups -OCH3 is 2. The van der Waals surface area contributed by atoms with Crippen LogP contribution in [0.1, 0.15) is 24.8 Å². The molecule has 0 spiro atoms. The van der Waals surface area contributed by atoms with Gasteiger partial charge in [-0.3, -0.25) is 4.79 Å². The lowest BCUT2D eigenvalue weighted by molar-refractivity contribution is -0.116. The minimum Gasteiger partial charge on any atom is -0.493 e. The van der Waals surface area contributed by atoms with Crippen molar-refractivity contribution in [1.82, 2.24) is 4.72 Å². The molecule has 0 aromatic heterocycles. The van der Waals surface area contributed by atoms with E-state index in [9.17, 15) is 13.2 Å². The summed E-state index contributed by atoms with van der Waals surface area (Å²) in [4.78, 5) is 12.5. The molecule has 150 valence electrons. The van der Waals surface area contributed by atoms with Crippen LogP contribution in [0.5, 0.6) is 11.5 Å². The van der Waals surface area contributed by atoms with Crippen molar-refractivity contribution in [2.24, 2.45) is 0 Å². The maximum atomic E-state index is 12.2. The van der Waals surface area contributed by atoms with E-state index in [0.717, 1.165) is 18.4 Å². The van der Waals surface area contributed by atoms with E-state index in [1.54, 1.807) is 49.6 Å². The highest BCUT2D eigenvalue weighted by Gasteiger charge is 2.27. The molecule has 7 nitrogen and oxygen atoms in total. The highest BCUT2D eigenvalue weighted by Crippen LogP contribution is 2.29. The Morgan fingerprint density at radius 3 is 2.32 bits per heavy atom. The smallest absolute Gasteiger partial charge is 0.240 e. The average molecular weight is 404 g/mol. The third-order valence-corrected chi connectivity index (χ3v) is 5.98. The Kier molecular flexibility index (Phi) is 6.21. The molecule has 0 saturated heterocycles. The first-order valence-electron chi connectivity index (χ1n) is 9.04. The van der Waals surface area contributed by atoms with Crippen LogP contribution < -0.4 is 19.5 Å². The summed E-state index contributed by atoms with van der Waals surface area (Å²) in [6.45, 7) is 0. The predicted molar refractivity (Wildman–Crippen MR) is 106 cm³/mol. The van der Waals surface area contributed by atoms with E-state index in [1.165, 1.54) is 7.11 Å². The van der Waals surface area contributed by atoms with Gasteiger partial charge >= 0.3 is 0 Å². The van der Waals surface area contributed by atoms with E-state index >= 15 is 0 Å². The first-order chi connectivity index (χ1) is 13.4. The van der Waals surface area contributed by atoms with Crippen LogP contribution in [0.25, 0.3) is 0 Å². The summed E-state index contributed by atoms with van der Waals surface area (Å²) in [5, 5.41) is 2.82. The van der Waals surface area contributed by atoms with Gasteiger partial charge in [-0.05, 0) is 49.1 Å². The van der Waals surface area contributed by atoms with Gasteiger partial charge in [0, 0.05) is 24.2 Å². The Balaban J connectivity index is 1.54. The van der Waals surface area contributed by atoms with Crippen molar-refractivity contribution in [2.45, 2.75) is 36.6 Å². The minimum atomic E-state index is -3.45. The van der Waals surface area contributed by atoms with Gasteiger partial charge in [-0.25, -0.2) is 13.1 Å². The van der Waals surface area contributed by atoms with Gasteiger partial charge in [0.25, 0.3) is 0 Å². The number of hydrogen-bond donors (Lipinski definition) is 2. The summed E-state index contributed by atoms with van der Waals surface area (Å²) >= 11 is 0. The van der Waals surface area contributed by atoms with Crippen LogP contribution in [-0.4, -0.2) is 34.6 Å². The van der Waals surface area contributed by atoms with Gasteiger partial charge in [0.05, 0.1) is 19.1 Å².